The van der Waals surface area contributed by atoms with Crippen LogP contribution in [0.5, 0.6) is 0 Å². The molecule has 0 bridgehead atoms. The average Bonchev–Trinajstić information content (AvgIpc) is 2.29. The zero-order valence-electron chi connectivity index (χ0n) is 10.4. The predicted molar refractivity (Wildman–Crippen MR) is 67.0 cm³/mol. The van der Waals surface area contributed by atoms with E-state index in [2.05, 4.69) is 13.8 Å². The summed E-state index contributed by atoms with van der Waals surface area (Å²) >= 11 is 0. The lowest BCUT2D eigenvalue weighted by Gasteiger charge is -2.17. The topological polar surface area (TPSA) is 29.5 Å². The van der Waals surface area contributed by atoms with Crippen LogP contribution in [0.25, 0.3) is 0 Å². The van der Waals surface area contributed by atoms with Gasteiger partial charge in [0, 0.05) is 12.5 Å². The maximum Gasteiger partial charge on any atom is 0.118 e. The van der Waals surface area contributed by atoms with Crippen molar-refractivity contribution in [2.24, 2.45) is 5.92 Å². The largest absolute Gasteiger partial charge is 0.512 e. The molecule has 0 aromatic heterocycles. The minimum absolute atomic E-state index is 0.319. The van der Waals surface area contributed by atoms with Gasteiger partial charge in [-0.15, -0.1) is 0 Å². The van der Waals surface area contributed by atoms with Gasteiger partial charge in [0.2, 0.25) is 0 Å². The third kappa shape index (κ3) is 4.73. The molecule has 91 valence electrons. The van der Waals surface area contributed by atoms with Gasteiger partial charge in [-0.25, -0.2) is 0 Å². The predicted octanol–water partition coefficient (Wildman–Crippen LogP) is 4.15. The molecule has 16 heavy (non-hydrogen) atoms. The fourth-order valence-electron chi connectivity index (χ4n) is 1.77. The van der Waals surface area contributed by atoms with E-state index in [0.717, 1.165) is 25.2 Å². The van der Waals surface area contributed by atoms with Gasteiger partial charge >= 0.3 is 0 Å². The van der Waals surface area contributed by atoms with Gasteiger partial charge < -0.3 is 9.84 Å². The van der Waals surface area contributed by atoms with Crippen LogP contribution in [-0.4, -0.2) is 11.7 Å². The quantitative estimate of drug-likeness (QED) is 0.702. The molecule has 0 heterocycles. The van der Waals surface area contributed by atoms with Crippen LogP contribution in [0, 0.1) is 12.3 Å². The van der Waals surface area contributed by atoms with E-state index in [4.69, 9.17) is 4.74 Å². The van der Waals surface area contributed by atoms with E-state index >= 15 is 0 Å². The minimum atomic E-state index is 0.319. The highest BCUT2D eigenvalue weighted by Gasteiger charge is 2.09. The Morgan fingerprint density at radius 3 is 2.88 bits per heavy atom. The van der Waals surface area contributed by atoms with Crippen LogP contribution in [0.2, 0.25) is 0 Å². The van der Waals surface area contributed by atoms with Crippen molar-refractivity contribution in [1.82, 2.24) is 0 Å². The second-order valence-electron chi connectivity index (χ2n) is 4.34. The van der Waals surface area contributed by atoms with Crippen molar-refractivity contribution < 1.29 is 9.84 Å². The summed E-state index contributed by atoms with van der Waals surface area (Å²) in [6.45, 7) is 5.19. The third-order valence-electron chi connectivity index (χ3n) is 2.97. The first kappa shape index (κ1) is 13.1. The van der Waals surface area contributed by atoms with Crippen LogP contribution < -0.4 is 0 Å². The summed E-state index contributed by atoms with van der Waals surface area (Å²) in [5, 5.41) is 9.33. The number of ether oxygens (including phenoxy) is 1. The summed E-state index contributed by atoms with van der Waals surface area (Å²) in [5.41, 5.74) is 0. The van der Waals surface area contributed by atoms with E-state index in [1.165, 1.54) is 19.3 Å². The molecule has 1 unspecified atom stereocenters. The van der Waals surface area contributed by atoms with Crippen LogP contribution in [0.15, 0.2) is 23.7 Å². The average molecular weight is 223 g/mol. The van der Waals surface area contributed by atoms with Crippen molar-refractivity contribution >= 4 is 0 Å². The fraction of sp³-hybridized carbons (Fsp3) is 0.643. The second kappa shape index (κ2) is 7.37. The number of aliphatic hydroxyl groups is 1. The van der Waals surface area contributed by atoms with Gasteiger partial charge in [0.15, 0.2) is 0 Å². The van der Waals surface area contributed by atoms with Crippen LogP contribution in [0.1, 0.15) is 46.0 Å². The summed E-state index contributed by atoms with van der Waals surface area (Å²) in [7, 11) is 0. The van der Waals surface area contributed by atoms with Crippen LogP contribution in [0.3, 0.4) is 0 Å². The monoisotopic (exact) mass is 223 g/mol. The number of aliphatic hydroxyl groups excluding tert-OH is 1. The van der Waals surface area contributed by atoms with Crippen molar-refractivity contribution in [2.75, 3.05) is 6.61 Å². The summed E-state index contributed by atoms with van der Waals surface area (Å²) in [4.78, 5) is 0. The number of unbranched alkanes of at least 4 members (excludes halogenated alkanes) is 1. The Balaban J connectivity index is 2.29. The molecule has 0 fully saturated rings. The zero-order valence-corrected chi connectivity index (χ0v) is 10.4. The Kier molecular flexibility index (Phi) is 6.05. The molecular weight excluding hydrogens is 200 g/mol. The molecule has 1 radical (unpaired) electrons. The van der Waals surface area contributed by atoms with Gasteiger partial charge in [-0.1, -0.05) is 33.1 Å². The highest BCUT2D eigenvalue weighted by atomic mass is 16.5. The Labute approximate surface area is 99.0 Å². The first-order chi connectivity index (χ1) is 7.76. The molecule has 1 atom stereocenters. The molecular formula is C14H23O2. The van der Waals surface area contributed by atoms with Crippen LogP contribution in [0.4, 0.5) is 0 Å². The number of allylic oxidation sites excluding steroid dienone is 3. The molecule has 0 aromatic carbocycles. The van der Waals surface area contributed by atoms with Gasteiger partial charge in [-0.3, -0.25) is 0 Å². The van der Waals surface area contributed by atoms with Crippen molar-refractivity contribution in [3.63, 3.8) is 0 Å². The summed E-state index contributed by atoms with van der Waals surface area (Å²) in [6.07, 6.45) is 11.2. The summed E-state index contributed by atoms with van der Waals surface area (Å²) < 4.78 is 5.71. The Morgan fingerprint density at radius 1 is 1.44 bits per heavy atom. The molecule has 1 aliphatic rings. The molecule has 1 N–H and O–H groups in total. The third-order valence-corrected chi connectivity index (χ3v) is 2.97. The van der Waals surface area contributed by atoms with E-state index in [-0.39, 0.29) is 0 Å². The Hall–Kier alpha value is -0.920. The number of rotatable bonds is 7. The molecule has 0 spiro atoms. The molecule has 1 aliphatic carbocycles. The van der Waals surface area contributed by atoms with Crippen molar-refractivity contribution in [3.8, 4) is 0 Å². The standard InChI is InChI=1S/C14H23O2/c1-3-5-7-12(4-2)11-16-14-9-6-8-13(15)10-14/h8-10,12,15H,3-7,11H2,1-2H3. The van der Waals surface area contributed by atoms with Gasteiger partial charge in [0.1, 0.15) is 11.5 Å². The molecule has 0 amide bonds. The number of hydrogen-bond acceptors (Lipinski definition) is 2. The SMILES string of the molecule is CCCCC(CC)COC1=CC[CH]C(O)=C1. The maximum absolute atomic E-state index is 9.33. The maximum atomic E-state index is 9.33. The van der Waals surface area contributed by atoms with Crippen LogP contribution >= 0.6 is 0 Å². The fourth-order valence-corrected chi connectivity index (χ4v) is 1.77. The highest BCUT2D eigenvalue weighted by Crippen LogP contribution is 2.18. The number of hydrogen-bond donors (Lipinski definition) is 1. The smallest absolute Gasteiger partial charge is 0.118 e. The molecule has 0 saturated heterocycles. The van der Waals surface area contributed by atoms with Gasteiger partial charge in [-0.2, -0.15) is 0 Å². The van der Waals surface area contributed by atoms with E-state index < -0.39 is 0 Å². The molecule has 1 rings (SSSR count). The molecule has 0 saturated carbocycles. The van der Waals surface area contributed by atoms with Crippen LogP contribution in [-0.2, 0) is 4.74 Å². The Morgan fingerprint density at radius 2 is 2.25 bits per heavy atom. The van der Waals surface area contributed by atoms with E-state index in [0.29, 0.717) is 11.7 Å². The first-order valence-corrected chi connectivity index (χ1v) is 6.33. The lowest BCUT2D eigenvalue weighted by molar-refractivity contribution is 0.162. The second-order valence-corrected chi connectivity index (χ2v) is 4.34. The lowest BCUT2D eigenvalue weighted by Crippen LogP contribution is -2.09. The highest BCUT2D eigenvalue weighted by molar-refractivity contribution is 5.25. The lowest BCUT2D eigenvalue weighted by atomic mass is 10.0. The molecule has 2 nitrogen and oxygen atoms in total. The van der Waals surface area contributed by atoms with E-state index in [9.17, 15) is 5.11 Å². The van der Waals surface area contributed by atoms with E-state index in [1.807, 2.05) is 6.08 Å². The normalized spacial score (nSPS) is 17.6. The first-order valence-electron chi connectivity index (χ1n) is 6.33. The molecule has 0 aromatic rings. The molecule has 0 aliphatic heterocycles. The summed E-state index contributed by atoms with van der Waals surface area (Å²) in [5.74, 6) is 1.77. The van der Waals surface area contributed by atoms with Crippen molar-refractivity contribution in [1.29, 1.82) is 0 Å². The Bertz CT molecular complexity index is 253. The van der Waals surface area contributed by atoms with Gasteiger partial charge in [0.05, 0.1) is 6.61 Å². The zero-order chi connectivity index (χ0) is 11.8. The van der Waals surface area contributed by atoms with E-state index in [1.54, 1.807) is 12.5 Å². The van der Waals surface area contributed by atoms with Crippen molar-refractivity contribution in [2.45, 2.75) is 46.0 Å². The minimum Gasteiger partial charge on any atom is -0.512 e. The summed E-state index contributed by atoms with van der Waals surface area (Å²) in [6, 6.07) is 0. The molecule has 2 heteroatoms. The van der Waals surface area contributed by atoms with Gasteiger partial charge in [0.25, 0.3) is 0 Å². The van der Waals surface area contributed by atoms with Crippen molar-refractivity contribution in [3.05, 3.63) is 30.1 Å². The van der Waals surface area contributed by atoms with Gasteiger partial charge in [-0.05, 0) is 24.8 Å².